The van der Waals surface area contributed by atoms with Gasteiger partial charge in [0.25, 0.3) is 0 Å². The minimum Gasteiger partial charge on any atom is -0.494 e. The van der Waals surface area contributed by atoms with E-state index in [-0.39, 0.29) is 0 Å². The van der Waals surface area contributed by atoms with Crippen LogP contribution in [-0.2, 0) is 13.1 Å². The molecule has 0 saturated carbocycles. The molecule has 2 N–H and O–H groups in total. The minimum absolute atomic E-state index is 0.604. The Bertz CT molecular complexity index is 511. The van der Waals surface area contributed by atoms with E-state index in [9.17, 15) is 0 Å². The molecule has 0 aliphatic rings. The van der Waals surface area contributed by atoms with Gasteiger partial charge in [-0.05, 0) is 36.7 Å². The normalized spacial score (nSPS) is 10.8. The quantitative estimate of drug-likeness (QED) is 0.757. The number of nitrogens with zero attached hydrogens (tertiary/aromatic N) is 1. The van der Waals surface area contributed by atoms with Crippen LogP contribution in [0.1, 0.15) is 17.5 Å². The molecule has 0 amide bonds. The number of benzene rings is 2. The summed E-state index contributed by atoms with van der Waals surface area (Å²) < 4.78 is 5.70. The van der Waals surface area contributed by atoms with Gasteiger partial charge < -0.3 is 15.4 Å². The van der Waals surface area contributed by atoms with E-state index in [0.29, 0.717) is 6.54 Å². The molecule has 0 atom stereocenters. The van der Waals surface area contributed by atoms with Crippen LogP contribution in [0, 0.1) is 0 Å². The minimum atomic E-state index is 0.604. The molecule has 0 heterocycles. The molecule has 21 heavy (non-hydrogen) atoms. The van der Waals surface area contributed by atoms with Gasteiger partial charge in [-0.1, -0.05) is 42.5 Å². The lowest BCUT2D eigenvalue weighted by atomic mass is 10.1. The summed E-state index contributed by atoms with van der Waals surface area (Å²) in [7, 11) is 2.14. The van der Waals surface area contributed by atoms with E-state index in [1.807, 2.05) is 30.3 Å². The fraction of sp³-hybridized carbons (Fsp3) is 0.333. The first-order chi connectivity index (χ1) is 10.3. The van der Waals surface area contributed by atoms with Crippen LogP contribution >= 0.6 is 0 Å². The second-order valence-corrected chi connectivity index (χ2v) is 5.27. The van der Waals surface area contributed by atoms with Crippen LogP contribution in [0.15, 0.2) is 54.6 Å². The Morgan fingerprint density at radius 2 is 1.62 bits per heavy atom. The van der Waals surface area contributed by atoms with Crippen molar-refractivity contribution >= 4 is 0 Å². The molecule has 0 unspecified atom stereocenters. The molecule has 112 valence electrons. The van der Waals surface area contributed by atoms with E-state index in [0.717, 1.165) is 31.9 Å². The number of rotatable bonds is 8. The summed E-state index contributed by atoms with van der Waals surface area (Å²) in [4.78, 5) is 2.31. The molecule has 0 aromatic heterocycles. The molecule has 2 aromatic carbocycles. The average molecular weight is 284 g/mol. The summed E-state index contributed by atoms with van der Waals surface area (Å²) in [6.07, 6.45) is 1.02. The highest BCUT2D eigenvalue weighted by Crippen LogP contribution is 2.09. The van der Waals surface area contributed by atoms with Gasteiger partial charge in [0.1, 0.15) is 5.75 Å². The Hall–Kier alpha value is -1.84. The second kappa shape index (κ2) is 8.45. The first-order valence-electron chi connectivity index (χ1n) is 7.42. The van der Waals surface area contributed by atoms with E-state index < -0.39 is 0 Å². The van der Waals surface area contributed by atoms with Crippen LogP contribution in [0.4, 0.5) is 0 Å². The van der Waals surface area contributed by atoms with Crippen molar-refractivity contribution in [2.24, 2.45) is 5.73 Å². The van der Waals surface area contributed by atoms with Crippen LogP contribution in [0.2, 0.25) is 0 Å². The third kappa shape index (κ3) is 5.58. The van der Waals surface area contributed by atoms with Crippen LogP contribution in [0.25, 0.3) is 0 Å². The topological polar surface area (TPSA) is 38.5 Å². The van der Waals surface area contributed by atoms with Crippen molar-refractivity contribution in [2.45, 2.75) is 19.5 Å². The molecular formula is C18H24N2O. The zero-order valence-corrected chi connectivity index (χ0v) is 12.7. The Balaban J connectivity index is 1.66. The molecule has 0 aliphatic carbocycles. The average Bonchev–Trinajstić information content (AvgIpc) is 2.53. The highest BCUT2D eigenvalue weighted by molar-refractivity contribution is 5.22. The third-order valence-corrected chi connectivity index (χ3v) is 3.41. The molecule has 3 nitrogen and oxygen atoms in total. The Morgan fingerprint density at radius 1 is 0.952 bits per heavy atom. The van der Waals surface area contributed by atoms with Gasteiger partial charge >= 0.3 is 0 Å². The van der Waals surface area contributed by atoms with Crippen molar-refractivity contribution in [2.75, 3.05) is 20.2 Å². The molecule has 0 aliphatic heterocycles. The van der Waals surface area contributed by atoms with Gasteiger partial charge in [0.15, 0.2) is 0 Å². The van der Waals surface area contributed by atoms with Crippen molar-refractivity contribution in [1.82, 2.24) is 4.90 Å². The van der Waals surface area contributed by atoms with Crippen LogP contribution in [0.3, 0.4) is 0 Å². The second-order valence-electron chi connectivity index (χ2n) is 5.27. The lowest BCUT2D eigenvalue weighted by molar-refractivity contribution is 0.259. The van der Waals surface area contributed by atoms with Crippen LogP contribution < -0.4 is 10.5 Å². The van der Waals surface area contributed by atoms with Crippen LogP contribution in [-0.4, -0.2) is 25.1 Å². The smallest absolute Gasteiger partial charge is 0.119 e. The standard InChI is InChI=1S/C18H24N2O/c1-20(15-17-10-8-16(14-19)9-11-17)12-5-13-21-18-6-3-2-4-7-18/h2-4,6-11H,5,12-15,19H2,1H3. The molecule has 0 fully saturated rings. The zero-order chi connectivity index (χ0) is 14.9. The van der Waals surface area contributed by atoms with Gasteiger partial charge in [-0.25, -0.2) is 0 Å². The van der Waals surface area contributed by atoms with E-state index >= 15 is 0 Å². The summed E-state index contributed by atoms with van der Waals surface area (Å²) in [5.74, 6) is 0.942. The highest BCUT2D eigenvalue weighted by Gasteiger charge is 2.01. The third-order valence-electron chi connectivity index (χ3n) is 3.41. The Morgan fingerprint density at radius 3 is 2.29 bits per heavy atom. The van der Waals surface area contributed by atoms with Crippen molar-refractivity contribution in [3.63, 3.8) is 0 Å². The molecule has 0 radical (unpaired) electrons. The Kier molecular flexibility index (Phi) is 6.25. The van der Waals surface area contributed by atoms with E-state index in [4.69, 9.17) is 10.5 Å². The van der Waals surface area contributed by atoms with Gasteiger partial charge in [-0.15, -0.1) is 0 Å². The number of hydrogen-bond acceptors (Lipinski definition) is 3. The fourth-order valence-corrected chi connectivity index (χ4v) is 2.21. The molecular weight excluding hydrogens is 260 g/mol. The van der Waals surface area contributed by atoms with Gasteiger partial charge in [-0.2, -0.15) is 0 Å². The van der Waals surface area contributed by atoms with Crippen molar-refractivity contribution in [1.29, 1.82) is 0 Å². The molecule has 3 heteroatoms. The number of nitrogens with two attached hydrogens (primary N) is 1. The van der Waals surface area contributed by atoms with Gasteiger partial charge in [0.05, 0.1) is 6.61 Å². The Labute approximate surface area is 127 Å². The van der Waals surface area contributed by atoms with Gasteiger partial charge in [-0.3, -0.25) is 0 Å². The number of para-hydroxylation sites is 1. The van der Waals surface area contributed by atoms with Gasteiger partial charge in [0, 0.05) is 19.6 Å². The van der Waals surface area contributed by atoms with E-state index in [1.54, 1.807) is 0 Å². The maximum absolute atomic E-state index is 5.70. The highest BCUT2D eigenvalue weighted by atomic mass is 16.5. The molecule has 2 rings (SSSR count). The molecule has 0 saturated heterocycles. The van der Waals surface area contributed by atoms with Crippen molar-refractivity contribution in [3.05, 3.63) is 65.7 Å². The summed E-state index contributed by atoms with van der Waals surface area (Å²) >= 11 is 0. The maximum atomic E-state index is 5.70. The predicted octanol–water partition coefficient (Wildman–Crippen LogP) is 3.05. The van der Waals surface area contributed by atoms with E-state index in [2.05, 4.69) is 36.2 Å². The van der Waals surface area contributed by atoms with Crippen molar-refractivity contribution < 1.29 is 4.74 Å². The maximum Gasteiger partial charge on any atom is 0.119 e. The SMILES string of the molecule is CN(CCCOc1ccccc1)Cc1ccc(CN)cc1. The molecule has 0 bridgehead atoms. The first kappa shape index (κ1) is 15.5. The number of hydrogen-bond donors (Lipinski definition) is 1. The van der Waals surface area contributed by atoms with Gasteiger partial charge in [0.2, 0.25) is 0 Å². The van der Waals surface area contributed by atoms with Crippen molar-refractivity contribution in [3.8, 4) is 5.75 Å². The fourth-order valence-electron chi connectivity index (χ4n) is 2.21. The first-order valence-corrected chi connectivity index (χ1v) is 7.42. The predicted molar refractivity (Wildman–Crippen MR) is 87.2 cm³/mol. The lowest BCUT2D eigenvalue weighted by Crippen LogP contribution is -2.20. The monoisotopic (exact) mass is 284 g/mol. The lowest BCUT2D eigenvalue weighted by Gasteiger charge is -2.17. The number of ether oxygens (including phenoxy) is 1. The summed E-state index contributed by atoms with van der Waals surface area (Å²) in [6.45, 7) is 3.33. The van der Waals surface area contributed by atoms with E-state index in [1.165, 1.54) is 11.1 Å². The summed E-state index contributed by atoms with van der Waals surface area (Å²) in [5, 5.41) is 0. The molecule has 2 aromatic rings. The van der Waals surface area contributed by atoms with Crippen LogP contribution in [0.5, 0.6) is 5.75 Å². The summed E-state index contributed by atoms with van der Waals surface area (Å²) in [5.41, 5.74) is 8.10. The zero-order valence-electron chi connectivity index (χ0n) is 12.7. The molecule has 0 spiro atoms. The summed E-state index contributed by atoms with van der Waals surface area (Å²) in [6, 6.07) is 18.5. The largest absolute Gasteiger partial charge is 0.494 e.